The van der Waals surface area contributed by atoms with Gasteiger partial charge in [0.2, 0.25) is 0 Å². The number of anilines is 4. The van der Waals surface area contributed by atoms with Crippen LogP contribution in [0.2, 0.25) is 0 Å². The first-order chi connectivity index (χ1) is 16.3. The van der Waals surface area contributed by atoms with Gasteiger partial charge in [-0.3, -0.25) is 0 Å². The number of fused-ring (bicyclic) bond motifs is 8. The third-order valence-corrected chi connectivity index (χ3v) is 25.4. The average molecular weight is 792 g/mol. The minimum absolute atomic E-state index is 1.44. The second kappa shape index (κ2) is 9.73. The maximum Gasteiger partial charge on any atom is 0.485 e. The Morgan fingerprint density at radius 3 is 1.06 bits per heavy atom. The van der Waals surface area contributed by atoms with Crippen molar-refractivity contribution in [3.8, 4) is 0 Å². The Bertz CT molecular complexity index is 1250. The number of para-hydroxylation sites is 4. The quantitative estimate of drug-likeness (QED) is 0.169. The van der Waals surface area contributed by atoms with Gasteiger partial charge >= 0.3 is 146 Å². The van der Waals surface area contributed by atoms with Crippen molar-refractivity contribution in [1.29, 1.82) is 0 Å². The van der Waals surface area contributed by atoms with Gasteiger partial charge in [-0.1, -0.05) is 0 Å². The molecule has 2 aromatic carbocycles. The number of alkyl halides is 6. The Kier molecular flexibility index (Phi) is 7.89. The molecule has 0 aromatic heterocycles. The number of nitrogens with zero attached hydrogens (tertiary/aromatic N) is 4. The fraction of sp³-hybridized carbons (Fsp3) is 0.250. The second-order valence-electron chi connectivity index (χ2n) is 6.78. The number of benzene rings is 2. The van der Waals surface area contributed by atoms with Gasteiger partial charge in [0.1, 0.15) is 0 Å². The summed E-state index contributed by atoms with van der Waals surface area (Å²) in [5, 5.41) is 0. The van der Waals surface area contributed by atoms with Gasteiger partial charge in [-0.15, -0.1) is 0 Å². The van der Waals surface area contributed by atoms with Crippen LogP contribution in [-0.2, 0) is 20.2 Å². The predicted molar refractivity (Wildman–Crippen MR) is 118 cm³/mol. The summed E-state index contributed by atoms with van der Waals surface area (Å²) < 4.78 is 129. The minimum atomic E-state index is -6.09. The third-order valence-electron chi connectivity index (χ3n) is 4.49. The van der Waals surface area contributed by atoms with E-state index < -0.39 is 72.0 Å². The zero-order valence-electron chi connectivity index (χ0n) is 17.8. The maximum atomic E-state index is 10.7. The third kappa shape index (κ3) is 5.28. The van der Waals surface area contributed by atoms with Crippen molar-refractivity contribution >= 4 is 83.7 Å². The van der Waals surface area contributed by atoms with Crippen LogP contribution < -0.4 is 9.10 Å². The Morgan fingerprint density at radius 1 is 0.611 bits per heavy atom. The molecule has 0 unspecified atom stereocenters. The molecule has 0 amide bonds. The van der Waals surface area contributed by atoms with Crippen LogP contribution in [0.1, 0.15) is 0 Å². The molecule has 2 aromatic rings. The first kappa shape index (κ1) is 29.2. The minimum Gasteiger partial charge on any atom is -0.741 e. The summed E-state index contributed by atoms with van der Waals surface area (Å²) in [7, 11) is -7.61. The van der Waals surface area contributed by atoms with Gasteiger partial charge in [-0.05, 0) is 0 Å². The van der Waals surface area contributed by atoms with Crippen LogP contribution in [0, 0.1) is 0 Å². The summed E-state index contributed by atoms with van der Waals surface area (Å²) in [6.07, 6.45) is 0. The Morgan fingerprint density at radius 2 is 0.833 bits per heavy atom. The van der Waals surface area contributed by atoms with E-state index in [1.54, 1.807) is 0 Å². The van der Waals surface area contributed by atoms with Crippen LogP contribution in [0.15, 0.2) is 48.5 Å². The molecule has 36 heavy (non-hydrogen) atoms. The SMILES string of the molecule is CN1c2ccccc2N2[Te+]1N1c3ccccc3N(C)[Te+]21.O=S(=O)([O-])C(F)(F)F.O=S(=O)([O-])C(F)(F)F. The fourth-order valence-electron chi connectivity index (χ4n) is 2.97. The summed E-state index contributed by atoms with van der Waals surface area (Å²) >= 11 is -3.10. The topological polar surface area (TPSA) is 127 Å². The number of hydrogen-bond donors (Lipinski definition) is 0. The van der Waals surface area contributed by atoms with Gasteiger partial charge in [0.15, 0.2) is 20.2 Å². The van der Waals surface area contributed by atoms with Gasteiger partial charge in [0, 0.05) is 0 Å². The first-order valence-corrected chi connectivity index (χ1v) is 18.2. The second-order valence-corrected chi connectivity index (χ2v) is 24.1. The van der Waals surface area contributed by atoms with Crippen LogP contribution >= 0.6 is 0 Å². The number of halogens is 6. The smallest absolute Gasteiger partial charge is 0.485 e. The molecule has 10 nitrogen and oxygen atoms in total. The fourth-order valence-corrected chi connectivity index (χ4v) is 27.4. The van der Waals surface area contributed by atoms with Gasteiger partial charge in [-0.25, -0.2) is 16.8 Å². The van der Waals surface area contributed by atoms with Gasteiger partial charge in [0.25, 0.3) is 0 Å². The molecule has 200 valence electrons. The molecule has 0 bridgehead atoms. The average Bonchev–Trinajstić information content (AvgIpc) is 3.08. The largest absolute Gasteiger partial charge is 0.741 e. The first-order valence-electron chi connectivity index (χ1n) is 9.08. The Labute approximate surface area is 217 Å². The molecule has 20 heteroatoms. The molecule has 0 N–H and O–H groups in total. The van der Waals surface area contributed by atoms with Crippen LogP contribution in [0.5, 0.6) is 0 Å². The molecule has 0 aliphatic carbocycles. The maximum absolute atomic E-state index is 10.7. The normalized spacial score (nSPS) is 17.2. The zero-order chi connectivity index (χ0) is 27.4. The molecular formula is C16H14F6N4O6S2Te2. The molecule has 3 aliphatic rings. The van der Waals surface area contributed by atoms with E-state index in [0.717, 1.165) is 0 Å². The van der Waals surface area contributed by atoms with E-state index in [-0.39, 0.29) is 0 Å². The van der Waals surface area contributed by atoms with E-state index >= 15 is 0 Å². The molecule has 5 rings (SSSR count). The van der Waals surface area contributed by atoms with E-state index in [4.69, 9.17) is 25.9 Å². The van der Waals surface area contributed by atoms with E-state index in [0.29, 0.717) is 0 Å². The van der Waals surface area contributed by atoms with E-state index in [1.165, 1.54) is 22.7 Å². The molecule has 3 heterocycles. The van der Waals surface area contributed by atoms with Crippen LogP contribution in [0.3, 0.4) is 0 Å². The van der Waals surface area contributed by atoms with E-state index in [9.17, 15) is 26.3 Å². The zero-order valence-corrected chi connectivity index (χ0v) is 24.1. The van der Waals surface area contributed by atoms with Gasteiger partial charge in [0.05, 0.1) is 0 Å². The van der Waals surface area contributed by atoms with E-state index in [1.807, 2.05) is 0 Å². The molecule has 3 aliphatic heterocycles. The number of hydrogen-bond acceptors (Lipinski definition) is 10. The standard InChI is InChI=1S/C14H14N4Te2.2CHF3O3S/c1-15-11-7-3-5-9-13(11)17-19(15)18-14-10-6-4-8-12(14)16(2)20(17)18;2*2-1(3,4)8(5,6)7/h3-10H,1-2H3;2*(H,5,6,7)/q+2;;/p-2. The number of rotatable bonds is 0. The van der Waals surface area contributed by atoms with Crippen LogP contribution in [0.4, 0.5) is 49.1 Å². The Hall–Kier alpha value is -1.38. The summed E-state index contributed by atoms with van der Waals surface area (Å²) in [5.41, 5.74) is -5.45. The van der Waals surface area contributed by atoms with Crippen molar-refractivity contribution in [2.24, 2.45) is 0 Å². The summed E-state index contributed by atoms with van der Waals surface area (Å²) in [6, 6.07) is 17.8. The summed E-state index contributed by atoms with van der Waals surface area (Å²) in [5.74, 6) is 0. The molecule has 0 radical (unpaired) electrons. The summed E-state index contributed by atoms with van der Waals surface area (Å²) in [6.45, 7) is 0. The molecule has 0 spiro atoms. The molecule has 0 saturated carbocycles. The van der Waals surface area contributed by atoms with Crippen molar-refractivity contribution in [2.45, 2.75) is 11.0 Å². The van der Waals surface area contributed by atoms with Gasteiger partial charge in [-0.2, -0.15) is 26.3 Å². The van der Waals surface area contributed by atoms with Crippen LogP contribution in [-0.4, -0.2) is 91.8 Å². The molecule has 0 atom stereocenters. The van der Waals surface area contributed by atoms with Gasteiger partial charge < -0.3 is 9.11 Å². The van der Waals surface area contributed by atoms with Crippen molar-refractivity contribution in [3.63, 3.8) is 0 Å². The van der Waals surface area contributed by atoms with Crippen molar-refractivity contribution in [1.82, 2.24) is 0 Å². The molecule has 1 fully saturated rings. The van der Waals surface area contributed by atoms with E-state index in [2.05, 4.69) is 71.7 Å². The summed E-state index contributed by atoms with van der Waals surface area (Å²) in [4.78, 5) is 0. The van der Waals surface area contributed by atoms with Crippen LogP contribution in [0.25, 0.3) is 0 Å². The van der Waals surface area contributed by atoms with Crippen molar-refractivity contribution in [3.05, 3.63) is 48.5 Å². The molecular weight excluding hydrogens is 778 g/mol. The molecule has 1 saturated heterocycles. The van der Waals surface area contributed by atoms with Crippen molar-refractivity contribution < 1.29 is 52.3 Å². The van der Waals surface area contributed by atoms with Crippen molar-refractivity contribution in [2.75, 3.05) is 23.2 Å². The Balaban J connectivity index is 0.000000190. The monoisotopic (exact) mass is 796 g/mol. The predicted octanol–water partition coefficient (Wildman–Crippen LogP) is 1.99.